The molecule has 0 saturated carbocycles. The molecule has 0 heterocycles. The number of hydrogen-bond donors (Lipinski definition) is 1. The van der Waals surface area contributed by atoms with Crippen LogP contribution in [0.2, 0.25) is 0 Å². The molecule has 114 valence electrons. The van der Waals surface area contributed by atoms with E-state index in [1.165, 1.54) is 25.3 Å². The topological polar surface area (TPSA) is 29.1 Å². The zero-order valence-electron chi connectivity index (χ0n) is 11.8. The molecule has 0 spiro atoms. The number of anilines is 1. The Hall–Kier alpha value is -2.56. The van der Waals surface area contributed by atoms with E-state index < -0.39 is 11.7 Å². The van der Waals surface area contributed by atoms with Crippen LogP contribution in [0, 0.1) is 0 Å². The molecule has 0 amide bonds. The molecule has 0 aliphatic carbocycles. The molecule has 0 radical (unpaired) electrons. The highest BCUT2D eigenvalue weighted by Gasteiger charge is 2.29. The molecule has 0 aliphatic rings. The van der Waals surface area contributed by atoms with Gasteiger partial charge in [-0.25, -0.2) is 0 Å². The number of carbonyl (C=O) groups is 1. The van der Waals surface area contributed by atoms with Crippen LogP contribution in [0.3, 0.4) is 0 Å². The van der Waals surface area contributed by atoms with Crippen LogP contribution >= 0.6 is 0 Å². The molecule has 1 N–H and O–H groups in total. The minimum Gasteiger partial charge on any atom is -0.361 e. The Morgan fingerprint density at radius 1 is 1.00 bits per heavy atom. The lowest BCUT2D eigenvalue weighted by molar-refractivity contribution is -0.137. The molecule has 2 aromatic rings. The predicted molar refractivity (Wildman–Crippen MR) is 80.2 cm³/mol. The lowest BCUT2D eigenvalue weighted by Gasteiger charge is -2.09. The summed E-state index contributed by atoms with van der Waals surface area (Å²) in [7, 11) is 0. The highest BCUT2D eigenvalue weighted by molar-refractivity contribution is 6.19. The number of allylic oxidation sites excluding steroid dienone is 1. The summed E-state index contributed by atoms with van der Waals surface area (Å²) in [5.41, 5.74) is 0.967. The Bertz CT molecular complexity index is 673. The monoisotopic (exact) mass is 305 g/mol. The van der Waals surface area contributed by atoms with Crippen LogP contribution in [0.5, 0.6) is 0 Å². The van der Waals surface area contributed by atoms with Gasteiger partial charge in [0.25, 0.3) is 0 Å². The van der Waals surface area contributed by atoms with E-state index in [4.69, 9.17) is 0 Å². The Labute approximate surface area is 126 Å². The van der Waals surface area contributed by atoms with Crippen molar-refractivity contribution in [3.8, 4) is 0 Å². The van der Waals surface area contributed by atoms with Crippen LogP contribution in [0.4, 0.5) is 18.9 Å². The molecule has 0 bridgehead atoms. The van der Waals surface area contributed by atoms with Gasteiger partial charge in [0, 0.05) is 17.5 Å². The fourth-order valence-corrected chi connectivity index (χ4v) is 1.92. The number of Topliss-reactive ketones (excluding diaryl/α,β-unsaturated/α-hetero) is 1. The van der Waals surface area contributed by atoms with Gasteiger partial charge in [-0.05, 0) is 36.8 Å². The molecule has 2 nitrogen and oxygen atoms in total. The fourth-order valence-electron chi connectivity index (χ4n) is 1.92. The average Bonchev–Trinajstić information content (AvgIpc) is 2.48. The summed E-state index contributed by atoms with van der Waals surface area (Å²) in [6.07, 6.45) is -2.86. The third-order valence-corrected chi connectivity index (χ3v) is 3.06. The van der Waals surface area contributed by atoms with E-state index >= 15 is 0 Å². The van der Waals surface area contributed by atoms with E-state index in [1.807, 2.05) is 18.2 Å². The number of halogens is 3. The fraction of sp³-hybridized carbons (Fsp3) is 0.118. The van der Waals surface area contributed by atoms with Crippen molar-refractivity contribution in [3.63, 3.8) is 0 Å². The van der Waals surface area contributed by atoms with Crippen molar-refractivity contribution in [3.05, 3.63) is 71.9 Å². The second kappa shape index (κ2) is 6.47. The van der Waals surface area contributed by atoms with E-state index in [0.29, 0.717) is 11.3 Å². The Morgan fingerprint density at radius 2 is 1.59 bits per heavy atom. The van der Waals surface area contributed by atoms with Gasteiger partial charge >= 0.3 is 6.18 Å². The summed E-state index contributed by atoms with van der Waals surface area (Å²) in [6, 6.07) is 13.7. The second-order valence-corrected chi connectivity index (χ2v) is 4.70. The standard InChI is InChI=1S/C17H14F3NO/c1-12(22)16(13-5-3-2-4-6-13)11-21-15-9-7-14(8-10-15)17(18,19)20/h2-11,21H,1H3/b16-11+. The summed E-state index contributed by atoms with van der Waals surface area (Å²) in [6.45, 7) is 1.44. The molecule has 2 rings (SSSR count). The maximum atomic E-state index is 12.5. The van der Waals surface area contributed by atoms with Crippen molar-refractivity contribution in [2.24, 2.45) is 0 Å². The Balaban J connectivity index is 2.20. The smallest absolute Gasteiger partial charge is 0.361 e. The lowest BCUT2D eigenvalue weighted by Crippen LogP contribution is -2.04. The molecule has 0 saturated heterocycles. The average molecular weight is 305 g/mol. The Kier molecular flexibility index (Phi) is 4.65. The van der Waals surface area contributed by atoms with E-state index in [2.05, 4.69) is 5.32 Å². The van der Waals surface area contributed by atoms with Gasteiger partial charge in [-0.15, -0.1) is 0 Å². The lowest BCUT2D eigenvalue weighted by atomic mass is 10.0. The van der Waals surface area contributed by atoms with Crippen LogP contribution in [0.25, 0.3) is 5.57 Å². The third kappa shape index (κ3) is 3.97. The first-order chi connectivity index (χ1) is 10.4. The van der Waals surface area contributed by atoms with Crippen LogP contribution in [-0.4, -0.2) is 5.78 Å². The maximum absolute atomic E-state index is 12.5. The number of benzene rings is 2. The molecule has 22 heavy (non-hydrogen) atoms. The molecule has 2 aromatic carbocycles. The molecule has 0 aromatic heterocycles. The number of rotatable bonds is 4. The van der Waals surface area contributed by atoms with Crippen molar-refractivity contribution in [2.75, 3.05) is 5.32 Å². The zero-order chi connectivity index (χ0) is 16.2. The van der Waals surface area contributed by atoms with Crippen molar-refractivity contribution in [1.82, 2.24) is 0 Å². The number of ketones is 1. The molecule has 0 atom stereocenters. The number of alkyl halides is 3. The van der Waals surface area contributed by atoms with Crippen molar-refractivity contribution in [1.29, 1.82) is 0 Å². The minimum atomic E-state index is -4.36. The zero-order valence-corrected chi connectivity index (χ0v) is 11.8. The van der Waals surface area contributed by atoms with Gasteiger partial charge < -0.3 is 5.32 Å². The normalized spacial score (nSPS) is 12.1. The quantitative estimate of drug-likeness (QED) is 0.826. The first kappa shape index (κ1) is 15.8. The van der Waals surface area contributed by atoms with Crippen LogP contribution in [0.1, 0.15) is 18.1 Å². The van der Waals surface area contributed by atoms with Gasteiger partial charge in [0.05, 0.1) is 5.56 Å². The van der Waals surface area contributed by atoms with Crippen LogP contribution < -0.4 is 5.32 Å². The highest BCUT2D eigenvalue weighted by Crippen LogP contribution is 2.29. The first-order valence-electron chi connectivity index (χ1n) is 6.58. The SMILES string of the molecule is CC(=O)/C(=C\Nc1ccc(C(F)(F)F)cc1)c1ccccc1. The summed E-state index contributed by atoms with van der Waals surface area (Å²) in [4.78, 5) is 11.7. The van der Waals surface area contributed by atoms with E-state index in [0.717, 1.165) is 17.7 Å². The molecule has 0 fully saturated rings. The van der Waals surface area contributed by atoms with E-state index in [-0.39, 0.29) is 5.78 Å². The number of hydrogen-bond acceptors (Lipinski definition) is 2. The molecule has 0 aliphatic heterocycles. The van der Waals surface area contributed by atoms with E-state index in [1.54, 1.807) is 12.1 Å². The summed E-state index contributed by atoms with van der Waals surface area (Å²) in [5, 5.41) is 2.85. The molecule has 5 heteroatoms. The van der Waals surface area contributed by atoms with Crippen molar-refractivity contribution >= 4 is 17.0 Å². The first-order valence-corrected chi connectivity index (χ1v) is 6.58. The van der Waals surface area contributed by atoms with E-state index in [9.17, 15) is 18.0 Å². The van der Waals surface area contributed by atoms with Crippen molar-refractivity contribution in [2.45, 2.75) is 13.1 Å². The van der Waals surface area contributed by atoms with Gasteiger partial charge in [-0.3, -0.25) is 4.79 Å². The largest absolute Gasteiger partial charge is 0.416 e. The number of nitrogens with one attached hydrogen (secondary N) is 1. The van der Waals surface area contributed by atoms with Crippen molar-refractivity contribution < 1.29 is 18.0 Å². The maximum Gasteiger partial charge on any atom is 0.416 e. The summed E-state index contributed by atoms with van der Waals surface area (Å²) in [5.74, 6) is -0.134. The molecular weight excluding hydrogens is 291 g/mol. The third-order valence-electron chi connectivity index (χ3n) is 3.06. The second-order valence-electron chi connectivity index (χ2n) is 4.70. The van der Waals surface area contributed by atoms with Crippen LogP contribution in [0.15, 0.2) is 60.8 Å². The Morgan fingerprint density at radius 3 is 2.09 bits per heavy atom. The highest BCUT2D eigenvalue weighted by atomic mass is 19.4. The molecular formula is C17H14F3NO. The predicted octanol–water partition coefficient (Wildman–Crippen LogP) is 4.75. The minimum absolute atomic E-state index is 0.134. The van der Waals surface area contributed by atoms with Crippen LogP contribution in [-0.2, 0) is 11.0 Å². The summed E-state index contributed by atoms with van der Waals surface area (Å²) < 4.78 is 37.5. The molecule has 0 unspecified atom stereocenters. The van der Waals surface area contributed by atoms with Gasteiger partial charge in [-0.1, -0.05) is 30.3 Å². The summed E-state index contributed by atoms with van der Waals surface area (Å²) >= 11 is 0. The number of carbonyl (C=O) groups excluding carboxylic acids is 1. The van der Waals surface area contributed by atoms with Gasteiger partial charge in [-0.2, -0.15) is 13.2 Å². The van der Waals surface area contributed by atoms with Gasteiger partial charge in [0.1, 0.15) is 0 Å². The van der Waals surface area contributed by atoms with Gasteiger partial charge in [0.15, 0.2) is 5.78 Å². The van der Waals surface area contributed by atoms with Gasteiger partial charge in [0.2, 0.25) is 0 Å².